The van der Waals surface area contributed by atoms with Crippen molar-refractivity contribution >= 4 is 28.5 Å². The van der Waals surface area contributed by atoms with Gasteiger partial charge in [0.15, 0.2) is 5.76 Å². The van der Waals surface area contributed by atoms with Gasteiger partial charge in [-0.05, 0) is 35.9 Å². The molecule has 4 nitrogen and oxygen atoms in total. The van der Waals surface area contributed by atoms with Crippen LogP contribution < -0.4 is 0 Å². The van der Waals surface area contributed by atoms with Crippen LogP contribution in [0, 0.1) is 0 Å². The Morgan fingerprint density at radius 3 is 2.54 bits per heavy atom. The van der Waals surface area contributed by atoms with Crippen LogP contribution in [0.3, 0.4) is 0 Å². The highest BCUT2D eigenvalue weighted by atomic mass is 35.5. The molecule has 0 radical (unpaired) electrons. The minimum Gasteiger partial charge on any atom is -0.457 e. The molecule has 128 valence electrons. The van der Waals surface area contributed by atoms with Crippen molar-refractivity contribution in [1.29, 1.82) is 0 Å². The highest BCUT2D eigenvalue weighted by molar-refractivity contribution is 6.30. The second-order valence-corrected chi connectivity index (χ2v) is 6.25. The lowest BCUT2D eigenvalue weighted by Crippen LogP contribution is -2.05. The van der Waals surface area contributed by atoms with Crippen molar-refractivity contribution in [3.63, 3.8) is 0 Å². The zero-order valence-electron chi connectivity index (χ0n) is 13.7. The first kappa shape index (κ1) is 16.4. The van der Waals surface area contributed by atoms with Crippen LogP contribution in [0.5, 0.6) is 0 Å². The molecule has 0 unspecified atom stereocenters. The second kappa shape index (κ2) is 7.02. The van der Waals surface area contributed by atoms with E-state index >= 15 is 0 Å². The van der Waals surface area contributed by atoms with Gasteiger partial charge in [0.25, 0.3) is 0 Å². The zero-order chi connectivity index (χ0) is 17.9. The average molecular weight is 364 g/mol. The number of hydrogen-bond donors (Lipinski definition) is 0. The minimum atomic E-state index is -0.401. The van der Waals surface area contributed by atoms with E-state index < -0.39 is 5.97 Å². The fourth-order valence-corrected chi connectivity index (χ4v) is 2.81. The van der Waals surface area contributed by atoms with E-state index in [1.165, 1.54) is 0 Å². The Morgan fingerprint density at radius 1 is 1.00 bits per heavy atom. The predicted octanol–water partition coefficient (Wildman–Crippen LogP) is 5.51. The molecule has 0 saturated carbocycles. The van der Waals surface area contributed by atoms with E-state index in [1.807, 2.05) is 42.5 Å². The summed E-state index contributed by atoms with van der Waals surface area (Å²) >= 11 is 5.86. The molecule has 3 aromatic carbocycles. The molecule has 1 heterocycles. The van der Waals surface area contributed by atoms with Crippen molar-refractivity contribution in [2.24, 2.45) is 0 Å². The van der Waals surface area contributed by atoms with Gasteiger partial charge >= 0.3 is 5.97 Å². The van der Waals surface area contributed by atoms with Crippen molar-refractivity contribution in [1.82, 2.24) is 5.16 Å². The van der Waals surface area contributed by atoms with E-state index in [4.69, 9.17) is 20.9 Å². The van der Waals surface area contributed by atoms with Gasteiger partial charge in [-0.1, -0.05) is 59.2 Å². The number of nitrogens with zero attached hydrogens (tertiary/aromatic N) is 1. The number of benzene rings is 3. The summed E-state index contributed by atoms with van der Waals surface area (Å²) in [5, 5.41) is 5.48. The van der Waals surface area contributed by atoms with Crippen LogP contribution in [0.15, 0.2) is 77.3 Å². The molecular weight excluding hydrogens is 350 g/mol. The molecular formula is C21H14ClNO3. The van der Waals surface area contributed by atoms with Crippen LogP contribution in [0.4, 0.5) is 0 Å². The molecule has 0 aliphatic rings. The third-order valence-electron chi connectivity index (χ3n) is 4.03. The monoisotopic (exact) mass is 363 g/mol. The molecule has 0 fully saturated rings. The molecule has 0 saturated heterocycles. The number of carbonyl (C=O) groups is 1. The predicted molar refractivity (Wildman–Crippen MR) is 100 cm³/mol. The number of carbonyl (C=O) groups excluding carboxylic acids is 1. The quantitative estimate of drug-likeness (QED) is 0.449. The highest BCUT2D eigenvalue weighted by Gasteiger charge is 2.14. The molecule has 0 amide bonds. The Balaban J connectivity index is 1.58. The molecule has 4 rings (SSSR count). The van der Waals surface area contributed by atoms with Crippen molar-refractivity contribution < 1.29 is 14.1 Å². The molecule has 4 aromatic rings. The number of esters is 1. The summed E-state index contributed by atoms with van der Waals surface area (Å²) in [5.74, 6) is 0.231. The van der Waals surface area contributed by atoms with Crippen LogP contribution in [-0.2, 0) is 11.3 Å². The standard InChI is InChI=1S/C21H14ClNO3/c22-17-9-6-14(7-10-17)13-25-21(24)16-8-11-19-18(12-16)20(26-23-19)15-4-2-1-3-5-15/h1-12H,13H2. The molecule has 0 aliphatic carbocycles. The van der Waals surface area contributed by atoms with Gasteiger partial charge in [-0.25, -0.2) is 4.79 Å². The van der Waals surface area contributed by atoms with Gasteiger partial charge < -0.3 is 9.26 Å². The van der Waals surface area contributed by atoms with Crippen LogP contribution in [0.25, 0.3) is 22.2 Å². The maximum absolute atomic E-state index is 12.4. The van der Waals surface area contributed by atoms with E-state index in [0.717, 1.165) is 16.5 Å². The maximum atomic E-state index is 12.4. The van der Waals surface area contributed by atoms with Gasteiger partial charge in [-0.15, -0.1) is 0 Å². The Labute approximate surface area is 155 Å². The van der Waals surface area contributed by atoms with Gasteiger partial charge in [0, 0.05) is 10.6 Å². The van der Waals surface area contributed by atoms with Gasteiger partial charge in [-0.3, -0.25) is 0 Å². The summed E-state index contributed by atoms with van der Waals surface area (Å²) in [4.78, 5) is 12.4. The van der Waals surface area contributed by atoms with E-state index in [9.17, 15) is 4.79 Å². The first-order chi connectivity index (χ1) is 12.7. The lowest BCUT2D eigenvalue weighted by atomic mass is 10.1. The highest BCUT2D eigenvalue weighted by Crippen LogP contribution is 2.29. The smallest absolute Gasteiger partial charge is 0.338 e. The molecule has 0 N–H and O–H groups in total. The van der Waals surface area contributed by atoms with Gasteiger partial charge in [0.1, 0.15) is 12.1 Å². The number of ether oxygens (including phenoxy) is 1. The number of rotatable bonds is 4. The van der Waals surface area contributed by atoms with E-state index in [2.05, 4.69) is 5.16 Å². The Morgan fingerprint density at radius 2 is 1.77 bits per heavy atom. The molecule has 1 aromatic heterocycles. The van der Waals surface area contributed by atoms with Crippen LogP contribution in [-0.4, -0.2) is 11.1 Å². The summed E-state index contributed by atoms with van der Waals surface area (Å²) < 4.78 is 10.9. The topological polar surface area (TPSA) is 52.3 Å². The fraction of sp³-hybridized carbons (Fsp3) is 0.0476. The third-order valence-corrected chi connectivity index (χ3v) is 4.28. The van der Waals surface area contributed by atoms with Crippen molar-refractivity contribution in [2.45, 2.75) is 6.61 Å². The lowest BCUT2D eigenvalue weighted by molar-refractivity contribution is 0.0473. The number of hydrogen-bond acceptors (Lipinski definition) is 4. The van der Waals surface area contributed by atoms with Crippen LogP contribution in [0.2, 0.25) is 5.02 Å². The molecule has 0 atom stereocenters. The van der Waals surface area contributed by atoms with Crippen molar-refractivity contribution in [2.75, 3.05) is 0 Å². The van der Waals surface area contributed by atoms with E-state index in [1.54, 1.807) is 30.3 Å². The zero-order valence-corrected chi connectivity index (χ0v) is 14.4. The van der Waals surface area contributed by atoms with E-state index in [0.29, 0.717) is 21.9 Å². The Kier molecular flexibility index (Phi) is 4.42. The fourth-order valence-electron chi connectivity index (χ4n) is 2.68. The van der Waals surface area contributed by atoms with Gasteiger partial charge in [0.05, 0.1) is 10.9 Å². The molecule has 5 heteroatoms. The SMILES string of the molecule is O=C(OCc1ccc(Cl)cc1)c1ccc2noc(-c3ccccc3)c2c1. The Bertz CT molecular complexity index is 1060. The minimum absolute atomic E-state index is 0.184. The summed E-state index contributed by atoms with van der Waals surface area (Å²) in [7, 11) is 0. The summed E-state index contributed by atoms with van der Waals surface area (Å²) in [5.41, 5.74) is 2.92. The van der Waals surface area contributed by atoms with Gasteiger partial charge in [0.2, 0.25) is 0 Å². The second-order valence-electron chi connectivity index (χ2n) is 5.81. The number of aromatic nitrogens is 1. The average Bonchev–Trinajstić information content (AvgIpc) is 3.11. The van der Waals surface area contributed by atoms with Crippen LogP contribution >= 0.6 is 11.6 Å². The van der Waals surface area contributed by atoms with Gasteiger partial charge in [-0.2, -0.15) is 0 Å². The van der Waals surface area contributed by atoms with Crippen LogP contribution in [0.1, 0.15) is 15.9 Å². The molecule has 0 aliphatic heterocycles. The molecule has 0 bridgehead atoms. The van der Waals surface area contributed by atoms with Crippen molar-refractivity contribution in [3.8, 4) is 11.3 Å². The summed E-state index contributed by atoms with van der Waals surface area (Å²) in [6.07, 6.45) is 0. The number of fused-ring (bicyclic) bond motifs is 1. The largest absolute Gasteiger partial charge is 0.457 e. The van der Waals surface area contributed by atoms with E-state index in [-0.39, 0.29) is 6.61 Å². The van der Waals surface area contributed by atoms with Crippen molar-refractivity contribution in [3.05, 3.63) is 88.9 Å². The first-order valence-electron chi connectivity index (χ1n) is 8.07. The summed E-state index contributed by atoms with van der Waals surface area (Å²) in [6, 6.07) is 22.0. The summed E-state index contributed by atoms with van der Waals surface area (Å²) in [6.45, 7) is 0.184. The number of halogens is 1. The molecule has 0 spiro atoms. The third kappa shape index (κ3) is 3.32. The molecule has 26 heavy (non-hydrogen) atoms. The normalized spacial score (nSPS) is 10.8. The lowest BCUT2D eigenvalue weighted by Gasteiger charge is -2.05. The first-order valence-corrected chi connectivity index (χ1v) is 8.45. The Hall–Kier alpha value is -3.11. The maximum Gasteiger partial charge on any atom is 0.338 e.